The Balaban J connectivity index is 1.69. The van der Waals surface area contributed by atoms with Gasteiger partial charge in [-0.05, 0) is 37.5 Å². The van der Waals surface area contributed by atoms with E-state index in [1.54, 1.807) is 6.07 Å². The van der Waals surface area contributed by atoms with Crippen LogP contribution in [0.25, 0.3) is 0 Å². The molecule has 0 radical (unpaired) electrons. The maximum atomic E-state index is 12.8. The van der Waals surface area contributed by atoms with E-state index in [0.29, 0.717) is 24.5 Å². The number of benzene rings is 2. The lowest BCUT2D eigenvalue weighted by molar-refractivity contribution is 0.0940. The number of hydrogen-bond donors (Lipinski definition) is 1. The van der Waals surface area contributed by atoms with Crippen molar-refractivity contribution in [1.82, 2.24) is 5.32 Å². The molecule has 29 heavy (non-hydrogen) atoms. The average Bonchev–Trinajstić information content (AvgIpc) is 2.93. The van der Waals surface area contributed by atoms with Crippen LogP contribution in [0.1, 0.15) is 54.6 Å². The number of nitrogens with zero attached hydrogens (tertiary/aromatic N) is 2. The van der Waals surface area contributed by atoms with Gasteiger partial charge in [0, 0.05) is 13.0 Å². The van der Waals surface area contributed by atoms with Crippen molar-refractivity contribution in [2.75, 3.05) is 11.4 Å². The number of carbonyl (C=O) groups excluding carboxylic acids is 1. The normalized spacial score (nSPS) is 18.7. The molecule has 2 aromatic carbocycles. The van der Waals surface area contributed by atoms with E-state index in [0.717, 1.165) is 24.8 Å². The van der Waals surface area contributed by atoms with Gasteiger partial charge in [0.05, 0.1) is 22.3 Å². The molecule has 1 saturated heterocycles. The Bertz CT molecular complexity index is 1080. The zero-order valence-electron chi connectivity index (χ0n) is 16.1. The number of amidine groups is 1. The number of sulfonamides is 1. The molecule has 0 spiro atoms. The first-order valence-electron chi connectivity index (χ1n) is 9.67. The van der Waals surface area contributed by atoms with Crippen molar-refractivity contribution in [2.24, 2.45) is 4.40 Å². The van der Waals surface area contributed by atoms with Crippen LogP contribution in [0.5, 0.6) is 0 Å². The lowest BCUT2D eigenvalue weighted by atomic mass is 10.1. The fourth-order valence-electron chi connectivity index (χ4n) is 3.77. The number of carbonyl (C=O) groups is 1. The maximum absolute atomic E-state index is 12.8. The molecule has 152 valence electrons. The minimum absolute atomic E-state index is 0.0325. The summed E-state index contributed by atoms with van der Waals surface area (Å²) in [5.74, 6) is 0.135. The first-order valence-corrected chi connectivity index (χ1v) is 11.5. The van der Waals surface area contributed by atoms with Crippen LogP contribution in [0.3, 0.4) is 0 Å². The van der Waals surface area contributed by atoms with Crippen LogP contribution < -0.4 is 10.2 Å². The Hall–Kier alpha value is -2.38. The van der Waals surface area contributed by atoms with Crippen LogP contribution in [0, 0.1) is 0 Å². The fraction of sp³-hybridized carbons (Fsp3) is 0.333. The Kier molecular flexibility index (Phi) is 5.36. The van der Waals surface area contributed by atoms with Gasteiger partial charge >= 0.3 is 0 Å². The van der Waals surface area contributed by atoms with Crippen molar-refractivity contribution in [1.29, 1.82) is 0 Å². The highest BCUT2D eigenvalue weighted by molar-refractivity contribution is 7.90. The SMILES string of the molecule is C[C@@H](NC(=O)c1cc2c(cc1Cl)N1CCCCCC1=NS2(=O)=O)c1ccccc1. The molecule has 1 fully saturated rings. The molecule has 8 heteroatoms. The molecule has 0 aliphatic carbocycles. The van der Waals surface area contributed by atoms with E-state index < -0.39 is 15.9 Å². The fourth-order valence-corrected chi connectivity index (χ4v) is 5.28. The highest BCUT2D eigenvalue weighted by atomic mass is 35.5. The molecular weight excluding hydrogens is 410 g/mol. The van der Waals surface area contributed by atoms with Crippen molar-refractivity contribution in [2.45, 2.75) is 43.5 Å². The van der Waals surface area contributed by atoms with E-state index in [2.05, 4.69) is 9.71 Å². The van der Waals surface area contributed by atoms with Crippen LogP contribution in [-0.2, 0) is 10.0 Å². The molecule has 0 saturated carbocycles. The highest BCUT2D eigenvalue weighted by Crippen LogP contribution is 2.38. The predicted molar refractivity (Wildman–Crippen MR) is 114 cm³/mol. The summed E-state index contributed by atoms with van der Waals surface area (Å²) in [6, 6.07) is 12.2. The van der Waals surface area contributed by atoms with Gasteiger partial charge in [-0.3, -0.25) is 4.79 Å². The van der Waals surface area contributed by atoms with Gasteiger partial charge in [-0.25, -0.2) is 0 Å². The smallest absolute Gasteiger partial charge is 0.286 e. The number of fused-ring (bicyclic) bond motifs is 3. The van der Waals surface area contributed by atoms with Gasteiger partial charge in [-0.1, -0.05) is 48.4 Å². The van der Waals surface area contributed by atoms with Crippen molar-refractivity contribution in [3.8, 4) is 0 Å². The molecule has 6 nitrogen and oxygen atoms in total. The summed E-state index contributed by atoms with van der Waals surface area (Å²) in [6.45, 7) is 2.55. The second-order valence-electron chi connectivity index (χ2n) is 7.35. The third-order valence-corrected chi connectivity index (χ3v) is 6.97. The number of anilines is 1. The highest BCUT2D eigenvalue weighted by Gasteiger charge is 2.33. The molecule has 0 unspecified atom stereocenters. The largest absolute Gasteiger partial charge is 0.345 e. The number of amides is 1. The third kappa shape index (κ3) is 3.89. The average molecular weight is 432 g/mol. The summed E-state index contributed by atoms with van der Waals surface area (Å²) in [7, 11) is -3.87. The van der Waals surface area contributed by atoms with Crippen molar-refractivity contribution < 1.29 is 13.2 Å². The molecule has 2 aliphatic rings. The number of nitrogens with one attached hydrogen (secondary N) is 1. The summed E-state index contributed by atoms with van der Waals surface area (Å²) >= 11 is 6.43. The molecule has 2 aliphatic heterocycles. The summed E-state index contributed by atoms with van der Waals surface area (Å²) in [6.07, 6.45) is 3.50. The minimum atomic E-state index is -3.87. The standard InChI is InChI=1S/C21H22ClN3O3S/c1-14(15-8-4-2-5-9-15)23-21(26)16-12-19-18(13-17(16)22)25-11-7-3-6-10-20(25)24-29(19,27)28/h2,4-5,8-9,12-14H,3,6-7,10-11H2,1H3,(H,23,26)/t14-/m1/s1. The third-order valence-electron chi connectivity index (χ3n) is 5.33. The quantitative estimate of drug-likeness (QED) is 0.785. The topological polar surface area (TPSA) is 78.8 Å². The van der Waals surface area contributed by atoms with Crippen LogP contribution in [0.2, 0.25) is 5.02 Å². The Morgan fingerprint density at radius 2 is 1.93 bits per heavy atom. The van der Waals surface area contributed by atoms with Crippen LogP contribution in [0.4, 0.5) is 5.69 Å². The van der Waals surface area contributed by atoms with Gasteiger partial charge in [0.15, 0.2) is 0 Å². The zero-order valence-corrected chi connectivity index (χ0v) is 17.6. The number of rotatable bonds is 3. The molecule has 0 bridgehead atoms. The lowest BCUT2D eigenvalue weighted by Crippen LogP contribution is -2.35. The first kappa shape index (κ1) is 19.9. The van der Waals surface area contributed by atoms with Crippen LogP contribution >= 0.6 is 11.6 Å². The van der Waals surface area contributed by atoms with E-state index in [1.807, 2.05) is 42.2 Å². The van der Waals surface area contributed by atoms with Crippen molar-refractivity contribution in [3.05, 3.63) is 58.6 Å². The van der Waals surface area contributed by atoms with Crippen LogP contribution in [-0.4, -0.2) is 26.7 Å². The molecule has 1 N–H and O–H groups in total. The first-order chi connectivity index (χ1) is 13.9. The number of halogens is 1. The van der Waals surface area contributed by atoms with E-state index >= 15 is 0 Å². The second-order valence-corrected chi connectivity index (χ2v) is 9.33. The molecule has 2 aromatic rings. The van der Waals surface area contributed by atoms with E-state index in [-0.39, 0.29) is 21.5 Å². The monoisotopic (exact) mass is 431 g/mol. The summed E-state index contributed by atoms with van der Waals surface area (Å²) in [4.78, 5) is 14.8. The summed E-state index contributed by atoms with van der Waals surface area (Å²) < 4.78 is 29.6. The maximum Gasteiger partial charge on any atom is 0.286 e. The minimum Gasteiger partial charge on any atom is -0.345 e. The second kappa shape index (κ2) is 7.80. The van der Waals surface area contributed by atoms with Gasteiger partial charge in [-0.2, -0.15) is 8.42 Å². The molecule has 2 heterocycles. The molecular formula is C21H22ClN3O3S. The Labute approximate surface area is 175 Å². The van der Waals surface area contributed by atoms with Gasteiger partial charge in [0.25, 0.3) is 15.9 Å². The van der Waals surface area contributed by atoms with Gasteiger partial charge < -0.3 is 10.2 Å². The predicted octanol–water partition coefficient (Wildman–Crippen LogP) is 4.31. The summed E-state index contributed by atoms with van der Waals surface area (Å²) in [5, 5.41) is 3.11. The Morgan fingerprint density at radius 1 is 1.17 bits per heavy atom. The van der Waals surface area contributed by atoms with Gasteiger partial charge in [0.1, 0.15) is 10.7 Å². The summed E-state index contributed by atoms with van der Waals surface area (Å²) in [5.41, 5.74) is 1.58. The molecule has 0 aromatic heterocycles. The van der Waals surface area contributed by atoms with E-state index in [9.17, 15) is 13.2 Å². The van der Waals surface area contributed by atoms with Gasteiger partial charge in [0.2, 0.25) is 0 Å². The van der Waals surface area contributed by atoms with E-state index in [1.165, 1.54) is 6.07 Å². The Morgan fingerprint density at radius 3 is 2.69 bits per heavy atom. The molecule has 1 atom stereocenters. The van der Waals surface area contributed by atoms with Crippen LogP contribution in [0.15, 0.2) is 51.8 Å². The zero-order chi connectivity index (χ0) is 20.6. The molecule has 1 amide bonds. The number of hydrogen-bond acceptors (Lipinski definition) is 4. The van der Waals surface area contributed by atoms with Crippen molar-refractivity contribution >= 4 is 39.1 Å². The van der Waals surface area contributed by atoms with Crippen molar-refractivity contribution in [3.63, 3.8) is 0 Å². The molecule has 4 rings (SSSR count). The van der Waals surface area contributed by atoms with Gasteiger partial charge in [-0.15, -0.1) is 4.40 Å². The van der Waals surface area contributed by atoms with E-state index in [4.69, 9.17) is 11.6 Å². The lowest BCUT2D eigenvalue weighted by Gasteiger charge is -2.30.